The van der Waals surface area contributed by atoms with Gasteiger partial charge in [0.05, 0.1) is 0 Å². The van der Waals surface area contributed by atoms with Crippen LogP contribution in [0, 0.1) is 5.92 Å². The number of hydrogen-bond donors (Lipinski definition) is 1. The van der Waals surface area contributed by atoms with Crippen LogP contribution in [0.1, 0.15) is 50.5 Å². The molecule has 0 bridgehead atoms. The molecule has 21 heavy (non-hydrogen) atoms. The average molecular weight is 287 g/mol. The maximum Gasteiger partial charge on any atom is 0.317 e. The van der Waals surface area contributed by atoms with Crippen LogP contribution < -0.4 is 5.32 Å². The molecular formula is C17H25N3O. The van der Waals surface area contributed by atoms with Gasteiger partial charge in [0.25, 0.3) is 0 Å². The van der Waals surface area contributed by atoms with Gasteiger partial charge in [0.15, 0.2) is 0 Å². The first-order valence-electron chi connectivity index (χ1n) is 8.19. The average Bonchev–Trinajstić information content (AvgIpc) is 2.47. The second-order valence-electron chi connectivity index (χ2n) is 6.52. The lowest BCUT2D eigenvalue weighted by molar-refractivity contribution is 0.143. The molecule has 0 radical (unpaired) electrons. The minimum atomic E-state index is 0.110. The van der Waals surface area contributed by atoms with Gasteiger partial charge in [0.2, 0.25) is 0 Å². The molecule has 1 saturated heterocycles. The number of nitrogens with zero attached hydrogens (tertiary/aromatic N) is 2. The van der Waals surface area contributed by atoms with Crippen molar-refractivity contribution in [1.29, 1.82) is 0 Å². The fraction of sp³-hybridized carbons (Fsp3) is 0.647. The summed E-state index contributed by atoms with van der Waals surface area (Å²) < 4.78 is 0. The number of carbonyl (C=O) groups excluding carboxylic acids is 1. The molecule has 1 saturated carbocycles. The lowest BCUT2D eigenvalue weighted by Gasteiger charge is -2.40. The number of rotatable bonds is 3. The van der Waals surface area contributed by atoms with Crippen molar-refractivity contribution in [3.05, 3.63) is 30.1 Å². The highest BCUT2D eigenvalue weighted by atomic mass is 16.2. The number of nitrogens with one attached hydrogen (secondary N) is 1. The van der Waals surface area contributed by atoms with Gasteiger partial charge < -0.3 is 10.2 Å². The quantitative estimate of drug-likeness (QED) is 0.928. The zero-order chi connectivity index (χ0) is 14.7. The van der Waals surface area contributed by atoms with E-state index in [1.165, 1.54) is 37.7 Å². The highest BCUT2D eigenvalue weighted by molar-refractivity contribution is 5.75. The van der Waals surface area contributed by atoms with Crippen molar-refractivity contribution in [3.63, 3.8) is 0 Å². The number of carbonyl (C=O) groups is 1. The van der Waals surface area contributed by atoms with Gasteiger partial charge in [-0.2, -0.15) is 0 Å². The first-order chi connectivity index (χ1) is 10.2. The Labute approximate surface area is 126 Å². The van der Waals surface area contributed by atoms with Gasteiger partial charge in [0, 0.05) is 37.4 Å². The molecule has 2 fully saturated rings. The van der Waals surface area contributed by atoms with Gasteiger partial charge in [-0.3, -0.25) is 4.98 Å². The summed E-state index contributed by atoms with van der Waals surface area (Å²) in [7, 11) is 0. The van der Waals surface area contributed by atoms with E-state index in [2.05, 4.69) is 17.2 Å². The molecule has 4 heteroatoms. The molecule has 1 N–H and O–H groups in total. The van der Waals surface area contributed by atoms with Crippen LogP contribution in [0.15, 0.2) is 24.5 Å². The third kappa shape index (κ3) is 3.36. The SMILES string of the molecule is CC(NC(=O)N1CC(c2ccncc2)C1)C1CCCCC1. The Hall–Kier alpha value is -1.58. The second-order valence-corrected chi connectivity index (χ2v) is 6.52. The lowest BCUT2D eigenvalue weighted by atomic mass is 9.84. The molecule has 0 spiro atoms. The lowest BCUT2D eigenvalue weighted by Crippen LogP contribution is -2.55. The van der Waals surface area contributed by atoms with Crippen LogP contribution in [0.25, 0.3) is 0 Å². The van der Waals surface area contributed by atoms with Crippen molar-refractivity contribution >= 4 is 6.03 Å². The largest absolute Gasteiger partial charge is 0.335 e. The van der Waals surface area contributed by atoms with Crippen LogP contribution in [0.5, 0.6) is 0 Å². The summed E-state index contributed by atoms with van der Waals surface area (Å²) in [6.07, 6.45) is 10.2. The summed E-state index contributed by atoms with van der Waals surface area (Å²) in [6, 6.07) is 4.51. The topological polar surface area (TPSA) is 45.2 Å². The van der Waals surface area contributed by atoms with Gasteiger partial charge in [-0.1, -0.05) is 19.3 Å². The first kappa shape index (κ1) is 14.4. The summed E-state index contributed by atoms with van der Waals surface area (Å²) in [5.74, 6) is 1.14. The fourth-order valence-corrected chi connectivity index (χ4v) is 3.53. The van der Waals surface area contributed by atoms with Crippen molar-refractivity contribution < 1.29 is 4.79 Å². The van der Waals surface area contributed by atoms with E-state index in [0.29, 0.717) is 17.9 Å². The molecule has 1 aromatic heterocycles. The van der Waals surface area contributed by atoms with E-state index in [1.807, 2.05) is 29.4 Å². The first-order valence-corrected chi connectivity index (χ1v) is 8.19. The van der Waals surface area contributed by atoms with Gasteiger partial charge in [0.1, 0.15) is 0 Å². The molecule has 4 nitrogen and oxygen atoms in total. The summed E-state index contributed by atoms with van der Waals surface area (Å²) in [6.45, 7) is 3.81. The van der Waals surface area contributed by atoms with Crippen LogP contribution in [0.2, 0.25) is 0 Å². The van der Waals surface area contributed by atoms with Gasteiger partial charge in [-0.15, -0.1) is 0 Å². The molecular weight excluding hydrogens is 262 g/mol. The third-order valence-corrected chi connectivity index (χ3v) is 5.05. The van der Waals surface area contributed by atoms with E-state index in [-0.39, 0.29) is 6.03 Å². The Bertz CT molecular complexity index is 464. The molecule has 114 valence electrons. The van der Waals surface area contributed by atoms with Gasteiger partial charge in [-0.05, 0) is 43.4 Å². The Morgan fingerprint density at radius 2 is 1.90 bits per heavy atom. The van der Waals surface area contributed by atoms with Crippen molar-refractivity contribution in [1.82, 2.24) is 15.2 Å². The van der Waals surface area contributed by atoms with E-state index in [9.17, 15) is 4.79 Å². The number of hydrogen-bond acceptors (Lipinski definition) is 2. The van der Waals surface area contributed by atoms with Crippen molar-refractivity contribution in [2.24, 2.45) is 5.92 Å². The molecule has 1 aliphatic heterocycles. The predicted molar refractivity (Wildman–Crippen MR) is 83.1 cm³/mol. The zero-order valence-electron chi connectivity index (χ0n) is 12.8. The third-order valence-electron chi connectivity index (χ3n) is 5.05. The van der Waals surface area contributed by atoms with E-state index in [0.717, 1.165) is 13.1 Å². The number of amides is 2. The number of pyridine rings is 1. The van der Waals surface area contributed by atoms with Crippen LogP contribution in [0.3, 0.4) is 0 Å². The van der Waals surface area contributed by atoms with E-state index in [1.54, 1.807) is 0 Å². The van der Waals surface area contributed by atoms with Crippen molar-refractivity contribution in [2.75, 3.05) is 13.1 Å². The zero-order valence-corrected chi connectivity index (χ0v) is 12.8. The van der Waals surface area contributed by atoms with Crippen molar-refractivity contribution in [2.45, 2.75) is 51.0 Å². The summed E-state index contributed by atoms with van der Waals surface area (Å²) in [4.78, 5) is 18.2. The van der Waals surface area contributed by atoms with E-state index < -0.39 is 0 Å². The monoisotopic (exact) mass is 287 g/mol. The molecule has 2 aliphatic rings. The highest BCUT2D eigenvalue weighted by Crippen LogP contribution is 2.28. The van der Waals surface area contributed by atoms with Crippen molar-refractivity contribution in [3.8, 4) is 0 Å². The number of likely N-dealkylation sites (tertiary alicyclic amines) is 1. The Morgan fingerprint density at radius 1 is 1.24 bits per heavy atom. The molecule has 1 unspecified atom stereocenters. The minimum absolute atomic E-state index is 0.110. The maximum atomic E-state index is 12.3. The molecule has 2 amide bonds. The number of aromatic nitrogens is 1. The van der Waals surface area contributed by atoms with Crippen LogP contribution in [0.4, 0.5) is 4.79 Å². The second kappa shape index (κ2) is 6.46. The molecule has 2 heterocycles. The number of urea groups is 1. The van der Waals surface area contributed by atoms with Crippen LogP contribution >= 0.6 is 0 Å². The minimum Gasteiger partial charge on any atom is -0.335 e. The van der Waals surface area contributed by atoms with E-state index in [4.69, 9.17) is 0 Å². The smallest absolute Gasteiger partial charge is 0.317 e. The predicted octanol–water partition coefficient (Wildman–Crippen LogP) is 3.16. The molecule has 3 rings (SSSR count). The Kier molecular flexibility index (Phi) is 4.42. The van der Waals surface area contributed by atoms with E-state index >= 15 is 0 Å². The standard InChI is InChI=1S/C17H25N3O/c1-13(14-5-3-2-4-6-14)19-17(21)20-11-16(12-20)15-7-9-18-10-8-15/h7-10,13-14,16H,2-6,11-12H2,1H3,(H,19,21). The molecule has 1 aromatic rings. The van der Waals surface area contributed by atoms with Gasteiger partial charge in [-0.25, -0.2) is 4.79 Å². The normalized spacial score (nSPS) is 21.7. The molecule has 1 aliphatic carbocycles. The maximum absolute atomic E-state index is 12.3. The van der Waals surface area contributed by atoms with Crippen LogP contribution in [-0.2, 0) is 0 Å². The van der Waals surface area contributed by atoms with Gasteiger partial charge >= 0.3 is 6.03 Å². The van der Waals surface area contributed by atoms with Crippen LogP contribution in [-0.4, -0.2) is 35.0 Å². The fourth-order valence-electron chi connectivity index (χ4n) is 3.53. The summed E-state index contributed by atoms with van der Waals surface area (Å²) in [5, 5.41) is 3.20. The summed E-state index contributed by atoms with van der Waals surface area (Å²) >= 11 is 0. The summed E-state index contributed by atoms with van der Waals surface area (Å²) in [5.41, 5.74) is 1.29. The highest BCUT2D eigenvalue weighted by Gasteiger charge is 2.33. The molecule has 0 aromatic carbocycles. The Morgan fingerprint density at radius 3 is 2.57 bits per heavy atom. The Balaban J connectivity index is 1.45. The molecule has 1 atom stereocenters.